The van der Waals surface area contributed by atoms with Gasteiger partial charge in [-0.3, -0.25) is 4.79 Å². The summed E-state index contributed by atoms with van der Waals surface area (Å²) < 4.78 is 32.7. The van der Waals surface area contributed by atoms with Crippen LogP contribution in [0, 0.1) is 18.6 Å². The molecule has 0 atom stereocenters. The first kappa shape index (κ1) is 18.2. The Hall–Kier alpha value is -3.55. The number of nitrogens with zero attached hydrogens (tertiary/aromatic N) is 2. The molecule has 0 saturated carbocycles. The summed E-state index contributed by atoms with van der Waals surface area (Å²) in [6.07, 6.45) is 0. The van der Waals surface area contributed by atoms with E-state index in [0.29, 0.717) is 17.1 Å². The SMILES string of the molecule is COc1ccc(NC(=O)c2cc(C)nc(Nc3c(F)cccc3F)n2)cc1. The maximum Gasteiger partial charge on any atom is 0.274 e. The van der Waals surface area contributed by atoms with Crippen molar-refractivity contribution >= 4 is 23.2 Å². The molecule has 6 nitrogen and oxygen atoms in total. The molecule has 8 heteroatoms. The Kier molecular flexibility index (Phi) is 5.25. The van der Waals surface area contributed by atoms with E-state index in [1.165, 1.54) is 12.1 Å². The molecule has 1 amide bonds. The van der Waals surface area contributed by atoms with Gasteiger partial charge in [0.15, 0.2) is 0 Å². The molecule has 0 spiro atoms. The second-order valence-electron chi connectivity index (χ2n) is 5.62. The number of halogens is 2. The molecule has 0 unspecified atom stereocenters. The molecule has 0 aliphatic heterocycles. The lowest BCUT2D eigenvalue weighted by atomic mass is 10.2. The largest absolute Gasteiger partial charge is 0.497 e. The second-order valence-corrected chi connectivity index (χ2v) is 5.62. The number of hydrogen-bond donors (Lipinski definition) is 2. The molecule has 0 radical (unpaired) electrons. The number of carbonyl (C=O) groups is 1. The lowest BCUT2D eigenvalue weighted by Crippen LogP contribution is -2.15. The molecule has 2 aromatic carbocycles. The fraction of sp³-hybridized carbons (Fsp3) is 0.105. The van der Waals surface area contributed by atoms with Gasteiger partial charge in [0.2, 0.25) is 5.95 Å². The first-order valence-corrected chi connectivity index (χ1v) is 7.98. The number of amides is 1. The molecule has 138 valence electrons. The van der Waals surface area contributed by atoms with Gasteiger partial charge in [-0.15, -0.1) is 0 Å². The van der Waals surface area contributed by atoms with Gasteiger partial charge in [-0.2, -0.15) is 0 Å². The van der Waals surface area contributed by atoms with Gasteiger partial charge in [0.25, 0.3) is 5.91 Å². The monoisotopic (exact) mass is 370 g/mol. The molecule has 0 fully saturated rings. The van der Waals surface area contributed by atoms with Crippen molar-refractivity contribution in [1.82, 2.24) is 9.97 Å². The van der Waals surface area contributed by atoms with Gasteiger partial charge in [0.05, 0.1) is 7.11 Å². The van der Waals surface area contributed by atoms with Crippen molar-refractivity contribution in [3.63, 3.8) is 0 Å². The molecular weight excluding hydrogens is 354 g/mol. The van der Waals surface area contributed by atoms with Gasteiger partial charge in [0, 0.05) is 11.4 Å². The third-order valence-electron chi connectivity index (χ3n) is 3.63. The molecule has 2 N–H and O–H groups in total. The molecule has 0 bridgehead atoms. The van der Waals surface area contributed by atoms with Gasteiger partial charge in [-0.05, 0) is 49.4 Å². The average Bonchev–Trinajstić information content (AvgIpc) is 2.65. The first-order valence-electron chi connectivity index (χ1n) is 7.98. The molecule has 0 saturated heterocycles. The van der Waals surface area contributed by atoms with Crippen LogP contribution in [-0.4, -0.2) is 23.0 Å². The van der Waals surface area contributed by atoms with Crippen LogP contribution in [0.2, 0.25) is 0 Å². The van der Waals surface area contributed by atoms with Crippen LogP contribution in [0.25, 0.3) is 0 Å². The van der Waals surface area contributed by atoms with E-state index in [0.717, 1.165) is 12.1 Å². The van der Waals surface area contributed by atoms with E-state index in [2.05, 4.69) is 20.6 Å². The van der Waals surface area contributed by atoms with Crippen molar-refractivity contribution in [1.29, 1.82) is 0 Å². The Balaban J connectivity index is 1.82. The summed E-state index contributed by atoms with van der Waals surface area (Å²) in [5.74, 6) is -1.49. The number of nitrogens with one attached hydrogen (secondary N) is 2. The predicted molar refractivity (Wildman–Crippen MR) is 97.4 cm³/mol. The normalized spacial score (nSPS) is 10.4. The number of rotatable bonds is 5. The highest BCUT2D eigenvalue weighted by Crippen LogP contribution is 2.22. The maximum absolute atomic E-state index is 13.8. The Bertz CT molecular complexity index is 958. The highest BCUT2D eigenvalue weighted by molar-refractivity contribution is 6.03. The number of ether oxygens (including phenoxy) is 1. The van der Waals surface area contributed by atoms with Gasteiger partial charge in [0.1, 0.15) is 28.8 Å². The number of aryl methyl sites for hydroxylation is 1. The lowest BCUT2D eigenvalue weighted by Gasteiger charge is -2.10. The molecule has 27 heavy (non-hydrogen) atoms. The molecule has 3 rings (SSSR count). The van der Waals surface area contributed by atoms with Gasteiger partial charge in [-0.1, -0.05) is 6.07 Å². The summed E-state index contributed by atoms with van der Waals surface area (Å²) in [6, 6.07) is 11.7. The number of methoxy groups -OCH3 is 1. The van der Waals surface area contributed by atoms with Gasteiger partial charge >= 0.3 is 0 Å². The van der Waals surface area contributed by atoms with Crippen LogP contribution in [0.4, 0.5) is 26.1 Å². The molecule has 1 heterocycles. The quantitative estimate of drug-likeness (QED) is 0.708. The average molecular weight is 370 g/mol. The summed E-state index contributed by atoms with van der Waals surface area (Å²) in [6.45, 7) is 1.65. The van der Waals surface area contributed by atoms with E-state index in [-0.39, 0.29) is 17.3 Å². The topological polar surface area (TPSA) is 76.1 Å². The van der Waals surface area contributed by atoms with E-state index in [4.69, 9.17) is 4.74 Å². The summed E-state index contributed by atoms with van der Waals surface area (Å²) in [4.78, 5) is 20.6. The standard InChI is InChI=1S/C19H16F2N4O2/c1-11-10-16(18(26)23-12-6-8-13(27-2)9-7-12)24-19(22-11)25-17-14(20)4-3-5-15(17)21/h3-10H,1-2H3,(H,23,26)(H,22,24,25). The minimum absolute atomic E-state index is 0.0533. The molecular formula is C19H16F2N4O2. The van der Waals surface area contributed by atoms with Crippen LogP contribution in [-0.2, 0) is 0 Å². The number of anilines is 3. The van der Waals surface area contributed by atoms with Crippen molar-refractivity contribution in [2.75, 3.05) is 17.7 Å². The van der Waals surface area contributed by atoms with E-state index in [1.807, 2.05) is 0 Å². The summed E-state index contributed by atoms with van der Waals surface area (Å²) in [5.41, 5.74) is 0.679. The van der Waals surface area contributed by atoms with Gasteiger partial charge < -0.3 is 15.4 Å². The number of carbonyl (C=O) groups excluding carboxylic acids is 1. The Labute approximate surface area is 154 Å². The van der Waals surface area contributed by atoms with Crippen LogP contribution in [0.15, 0.2) is 48.5 Å². The van der Waals surface area contributed by atoms with E-state index in [1.54, 1.807) is 38.3 Å². The van der Waals surface area contributed by atoms with E-state index >= 15 is 0 Å². The van der Waals surface area contributed by atoms with Crippen molar-refractivity contribution in [3.8, 4) is 5.75 Å². The molecule has 0 aliphatic carbocycles. The Morgan fingerprint density at radius 2 is 1.70 bits per heavy atom. The minimum atomic E-state index is -0.788. The van der Waals surface area contributed by atoms with Crippen LogP contribution in [0.5, 0.6) is 5.75 Å². The van der Waals surface area contributed by atoms with Crippen LogP contribution in [0.3, 0.4) is 0 Å². The fourth-order valence-corrected chi connectivity index (χ4v) is 2.34. The first-order chi connectivity index (χ1) is 13.0. The Morgan fingerprint density at radius 3 is 2.33 bits per heavy atom. The third-order valence-corrected chi connectivity index (χ3v) is 3.63. The van der Waals surface area contributed by atoms with E-state index < -0.39 is 17.5 Å². The summed E-state index contributed by atoms with van der Waals surface area (Å²) in [7, 11) is 1.55. The zero-order valence-electron chi connectivity index (χ0n) is 14.6. The van der Waals surface area contributed by atoms with Crippen molar-refractivity contribution in [2.45, 2.75) is 6.92 Å². The second kappa shape index (κ2) is 7.77. The van der Waals surface area contributed by atoms with Crippen molar-refractivity contribution < 1.29 is 18.3 Å². The molecule has 1 aromatic heterocycles. The highest BCUT2D eigenvalue weighted by atomic mass is 19.1. The Morgan fingerprint density at radius 1 is 1.04 bits per heavy atom. The highest BCUT2D eigenvalue weighted by Gasteiger charge is 2.14. The van der Waals surface area contributed by atoms with Crippen LogP contribution in [0.1, 0.15) is 16.2 Å². The van der Waals surface area contributed by atoms with Crippen molar-refractivity contribution in [2.24, 2.45) is 0 Å². The van der Waals surface area contributed by atoms with Crippen LogP contribution >= 0.6 is 0 Å². The number of benzene rings is 2. The summed E-state index contributed by atoms with van der Waals surface area (Å²) >= 11 is 0. The lowest BCUT2D eigenvalue weighted by molar-refractivity contribution is 0.102. The zero-order valence-corrected chi connectivity index (χ0v) is 14.6. The third kappa shape index (κ3) is 4.35. The number of para-hydroxylation sites is 1. The van der Waals surface area contributed by atoms with E-state index in [9.17, 15) is 13.6 Å². The fourth-order valence-electron chi connectivity index (χ4n) is 2.34. The smallest absolute Gasteiger partial charge is 0.274 e. The van der Waals surface area contributed by atoms with Gasteiger partial charge in [-0.25, -0.2) is 18.7 Å². The predicted octanol–water partition coefficient (Wildman–Crippen LogP) is 4.07. The van der Waals surface area contributed by atoms with Crippen LogP contribution < -0.4 is 15.4 Å². The number of hydrogen-bond acceptors (Lipinski definition) is 5. The zero-order chi connectivity index (χ0) is 19.4. The molecule has 0 aliphatic rings. The maximum atomic E-state index is 13.8. The summed E-state index contributed by atoms with van der Waals surface area (Å²) in [5, 5.41) is 5.18. The minimum Gasteiger partial charge on any atom is -0.497 e. The molecule has 3 aromatic rings. The van der Waals surface area contributed by atoms with Crippen molar-refractivity contribution in [3.05, 3.63) is 71.6 Å². The number of aromatic nitrogens is 2.